The predicted octanol–water partition coefficient (Wildman–Crippen LogP) is 2.01. The molecule has 0 saturated heterocycles. The van der Waals surface area contributed by atoms with E-state index in [4.69, 9.17) is 5.11 Å². The topological polar surface area (TPSA) is 66.4 Å². The quantitative estimate of drug-likeness (QED) is 0.756. The molecule has 96 valence electrons. The van der Waals surface area contributed by atoms with Crippen molar-refractivity contribution >= 4 is 11.9 Å². The van der Waals surface area contributed by atoms with E-state index in [1.807, 2.05) is 19.1 Å². The lowest BCUT2D eigenvalue weighted by Crippen LogP contribution is -2.40. The van der Waals surface area contributed by atoms with E-state index < -0.39 is 12.0 Å². The van der Waals surface area contributed by atoms with Crippen molar-refractivity contribution in [3.05, 3.63) is 48.0 Å². The number of nitrogens with one attached hydrogen (secondary N) is 1. The van der Waals surface area contributed by atoms with E-state index in [1.54, 1.807) is 12.1 Å². The van der Waals surface area contributed by atoms with Gasteiger partial charge in [-0.3, -0.25) is 4.79 Å². The van der Waals surface area contributed by atoms with Gasteiger partial charge in [-0.25, -0.2) is 4.79 Å². The SMILES string of the molecule is C=CCC(NC(=O)c1ccc(CC)cc1)C(=O)O. The third kappa shape index (κ3) is 3.73. The number of carboxylic acids is 1. The molecular weight excluding hydrogens is 230 g/mol. The molecule has 0 aliphatic heterocycles. The fourth-order valence-corrected chi connectivity index (χ4v) is 1.52. The van der Waals surface area contributed by atoms with Gasteiger partial charge in [0, 0.05) is 5.56 Å². The minimum Gasteiger partial charge on any atom is -0.480 e. The van der Waals surface area contributed by atoms with Gasteiger partial charge in [0.05, 0.1) is 0 Å². The summed E-state index contributed by atoms with van der Waals surface area (Å²) in [5.74, 6) is -1.44. The summed E-state index contributed by atoms with van der Waals surface area (Å²) in [6.07, 6.45) is 2.57. The van der Waals surface area contributed by atoms with Crippen molar-refractivity contribution in [3.8, 4) is 0 Å². The molecule has 1 amide bonds. The third-order valence-electron chi connectivity index (χ3n) is 2.63. The molecule has 18 heavy (non-hydrogen) atoms. The van der Waals surface area contributed by atoms with Gasteiger partial charge in [0.1, 0.15) is 6.04 Å². The molecular formula is C14H17NO3. The van der Waals surface area contributed by atoms with Gasteiger partial charge in [-0.2, -0.15) is 0 Å². The molecule has 0 aromatic heterocycles. The van der Waals surface area contributed by atoms with Gasteiger partial charge in [0.25, 0.3) is 5.91 Å². The number of carboxylic acid groups (broad SMARTS) is 1. The Bertz CT molecular complexity index is 437. The van der Waals surface area contributed by atoms with Crippen molar-refractivity contribution in [2.45, 2.75) is 25.8 Å². The Morgan fingerprint density at radius 3 is 2.44 bits per heavy atom. The van der Waals surface area contributed by atoms with Crippen LogP contribution in [0.3, 0.4) is 0 Å². The van der Waals surface area contributed by atoms with Crippen LogP contribution in [0.4, 0.5) is 0 Å². The van der Waals surface area contributed by atoms with Crippen molar-refractivity contribution in [1.82, 2.24) is 5.32 Å². The Morgan fingerprint density at radius 1 is 1.39 bits per heavy atom. The number of carbonyl (C=O) groups is 2. The zero-order chi connectivity index (χ0) is 13.5. The van der Waals surface area contributed by atoms with Gasteiger partial charge in [0.15, 0.2) is 0 Å². The molecule has 0 spiro atoms. The zero-order valence-corrected chi connectivity index (χ0v) is 10.3. The van der Waals surface area contributed by atoms with Crippen molar-refractivity contribution < 1.29 is 14.7 Å². The molecule has 1 rings (SSSR count). The molecule has 0 radical (unpaired) electrons. The van der Waals surface area contributed by atoms with Crippen LogP contribution in [0.2, 0.25) is 0 Å². The fourth-order valence-electron chi connectivity index (χ4n) is 1.52. The van der Waals surface area contributed by atoms with Crippen LogP contribution in [-0.2, 0) is 11.2 Å². The number of carbonyl (C=O) groups excluding carboxylic acids is 1. The maximum Gasteiger partial charge on any atom is 0.326 e. The summed E-state index contributed by atoms with van der Waals surface area (Å²) < 4.78 is 0. The van der Waals surface area contributed by atoms with Gasteiger partial charge in [-0.1, -0.05) is 25.1 Å². The second kappa shape index (κ2) is 6.59. The van der Waals surface area contributed by atoms with E-state index in [-0.39, 0.29) is 12.3 Å². The summed E-state index contributed by atoms with van der Waals surface area (Å²) in [4.78, 5) is 22.7. The number of hydrogen-bond acceptors (Lipinski definition) is 2. The van der Waals surface area contributed by atoms with Crippen molar-refractivity contribution in [1.29, 1.82) is 0 Å². The Balaban J connectivity index is 2.73. The van der Waals surface area contributed by atoms with Crippen LogP contribution < -0.4 is 5.32 Å². The lowest BCUT2D eigenvalue weighted by Gasteiger charge is -2.12. The summed E-state index contributed by atoms with van der Waals surface area (Å²) in [6.45, 7) is 5.50. The van der Waals surface area contributed by atoms with Crippen molar-refractivity contribution in [2.75, 3.05) is 0 Å². The fraction of sp³-hybridized carbons (Fsp3) is 0.286. The number of amides is 1. The number of hydrogen-bond donors (Lipinski definition) is 2. The molecule has 0 bridgehead atoms. The second-order valence-corrected chi connectivity index (χ2v) is 3.94. The first-order chi connectivity index (χ1) is 8.58. The van der Waals surface area contributed by atoms with Crippen molar-refractivity contribution in [3.63, 3.8) is 0 Å². The van der Waals surface area contributed by atoms with Crippen molar-refractivity contribution in [2.24, 2.45) is 0 Å². The summed E-state index contributed by atoms with van der Waals surface area (Å²) in [5, 5.41) is 11.4. The predicted molar refractivity (Wildman–Crippen MR) is 69.5 cm³/mol. The number of benzene rings is 1. The van der Waals surface area contributed by atoms with E-state index in [1.165, 1.54) is 6.08 Å². The average Bonchev–Trinajstić information content (AvgIpc) is 2.38. The van der Waals surface area contributed by atoms with Crippen LogP contribution in [0.15, 0.2) is 36.9 Å². The van der Waals surface area contributed by atoms with Crippen LogP contribution in [0.1, 0.15) is 29.3 Å². The molecule has 0 heterocycles. The van der Waals surface area contributed by atoms with Crippen LogP contribution in [0.5, 0.6) is 0 Å². The monoisotopic (exact) mass is 247 g/mol. The number of aliphatic carboxylic acids is 1. The van der Waals surface area contributed by atoms with Gasteiger partial charge >= 0.3 is 5.97 Å². The average molecular weight is 247 g/mol. The Hall–Kier alpha value is -2.10. The van der Waals surface area contributed by atoms with Gasteiger partial charge in [-0.15, -0.1) is 6.58 Å². The highest BCUT2D eigenvalue weighted by Gasteiger charge is 2.18. The Morgan fingerprint density at radius 2 is 2.00 bits per heavy atom. The summed E-state index contributed by atoms with van der Waals surface area (Å²) in [5.41, 5.74) is 1.59. The summed E-state index contributed by atoms with van der Waals surface area (Å²) >= 11 is 0. The lowest BCUT2D eigenvalue weighted by molar-refractivity contribution is -0.139. The van der Waals surface area contributed by atoms with Crippen LogP contribution >= 0.6 is 0 Å². The molecule has 4 nitrogen and oxygen atoms in total. The molecule has 1 aromatic rings. The van der Waals surface area contributed by atoms with Gasteiger partial charge < -0.3 is 10.4 Å². The first-order valence-corrected chi connectivity index (χ1v) is 5.82. The van der Waals surface area contributed by atoms with E-state index >= 15 is 0 Å². The number of aryl methyl sites for hydroxylation is 1. The molecule has 0 aliphatic carbocycles. The Labute approximate surface area is 106 Å². The molecule has 4 heteroatoms. The lowest BCUT2D eigenvalue weighted by atomic mass is 10.1. The zero-order valence-electron chi connectivity index (χ0n) is 10.3. The smallest absolute Gasteiger partial charge is 0.326 e. The van der Waals surface area contributed by atoms with E-state index in [0.29, 0.717) is 5.56 Å². The maximum absolute atomic E-state index is 11.8. The third-order valence-corrected chi connectivity index (χ3v) is 2.63. The first-order valence-electron chi connectivity index (χ1n) is 5.82. The summed E-state index contributed by atoms with van der Waals surface area (Å²) in [6, 6.07) is 6.18. The van der Waals surface area contributed by atoms with E-state index in [9.17, 15) is 9.59 Å². The Kier molecular flexibility index (Phi) is 5.11. The molecule has 1 unspecified atom stereocenters. The van der Waals surface area contributed by atoms with Gasteiger partial charge in [0.2, 0.25) is 0 Å². The summed E-state index contributed by atoms with van der Waals surface area (Å²) in [7, 11) is 0. The molecule has 2 N–H and O–H groups in total. The minimum absolute atomic E-state index is 0.202. The highest BCUT2D eigenvalue weighted by molar-refractivity contribution is 5.96. The normalized spacial score (nSPS) is 11.6. The molecule has 0 fully saturated rings. The molecule has 1 aromatic carbocycles. The highest BCUT2D eigenvalue weighted by Crippen LogP contribution is 2.06. The highest BCUT2D eigenvalue weighted by atomic mass is 16.4. The molecule has 1 atom stereocenters. The second-order valence-electron chi connectivity index (χ2n) is 3.94. The first kappa shape index (κ1) is 14.0. The molecule has 0 saturated carbocycles. The maximum atomic E-state index is 11.8. The van der Waals surface area contributed by atoms with Crippen LogP contribution in [0, 0.1) is 0 Å². The van der Waals surface area contributed by atoms with Crippen LogP contribution in [0.25, 0.3) is 0 Å². The largest absolute Gasteiger partial charge is 0.480 e. The van der Waals surface area contributed by atoms with E-state index in [2.05, 4.69) is 11.9 Å². The minimum atomic E-state index is -1.06. The van der Waals surface area contributed by atoms with Gasteiger partial charge in [-0.05, 0) is 30.5 Å². The van der Waals surface area contributed by atoms with Crippen LogP contribution in [-0.4, -0.2) is 23.0 Å². The van der Waals surface area contributed by atoms with E-state index in [0.717, 1.165) is 12.0 Å². The molecule has 0 aliphatic rings. The standard InChI is InChI=1S/C14H17NO3/c1-3-5-12(14(17)18)15-13(16)11-8-6-10(4-2)7-9-11/h3,6-9,12H,1,4-5H2,2H3,(H,15,16)(H,17,18). The number of rotatable bonds is 6.